The number of aromatic hydroxyl groups is 1. The van der Waals surface area contributed by atoms with E-state index in [4.69, 9.17) is 19.3 Å². The van der Waals surface area contributed by atoms with Crippen molar-refractivity contribution in [2.24, 2.45) is 0 Å². The van der Waals surface area contributed by atoms with Crippen LogP contribution in [0, 0.1) is 0 Å². The fourth-order valence-electron chi connectivity index (χ4n) is 2.69. The monoisotopic (exact) mass is 354 g/mol. The predicted molar refractivity (Wildman–Crippen MR) is 96.3 cm³/mol. The average Bonchev–Trinajstić information content (AvgIpc) is 2.58. The number of hydrogen-bond donors (Lipinski definition) is 2. The Bertz CT molecular complexity index is 568. The highest BCUT2D eigenvalue weighted by Gasteiger charge is 2.28. The van der Waals surface area contributed by atoms with Crippen LogP contribution in [0.1, 0.15) is 64.5 Å². The average molecular weight is 354 g/mol. The molecule has 0 unspecified atom stereocenters. The molecule has 1 aromatic rings. The number of phenolic OH excluding ortho intramolecular Hbond substituents is 1. The molecule has 0 bridgehead atoms. The summed E-state index contributed by atoms with van der Waals surface area (Å²) in [4.78, 5) is 11.1. The zero-order valence-electron chi connectivity index (χ0n) is 15.7. The van der Waals surface area contributed by atoms with E-state index in [-0.39, 0.29) is 17.2 Å². The van der Waals surface area contributed by atoms with E-state index in [1.54, 1.807) is 0 Å². The van der Waals surface area contributed by atoms with Gasteiger partial charge in [0, 0.05) is 11.1 Å². The lowest BCUT2D eigenvalue weighted by molar-refractivity contribution is 0.141. The van der Waals surface area contributed by atoms with Gasteiger partial charge in [-0.3, -0.25) is 0 Å². The van der Waals surface area contributed by atoms with Crippen LogP contribution in [0.5, 0.6) is 23.0 Å². The van der Waals surface area contributed by atoms with E-state index in [0.717, 1.165) is 31.2 Å². The summed E-state index contributed by atoms with van der Waals surface area (Å²) in [6.07, 6.45) is 3.02. The molecule has 0 heterocycles. The minimum Gasteiger partial charge on any atom is -0.502 e. The Hall–Kier alpha value is -2.11. The van der Waals surface area contributed by atoms with E-state index in [2.05, 4.69) is 0 Å². The molecular weight excluding hydrogens is 324 g/mol. The SMILES string of the molecule is CCCOc1c(O)c(OC(=O)O)c(CCC)c(CCC)c1OCCC. The summed E-state index contributed by atoms with van der Waals surface area (Å²) in [7, 11) is 0. The lowest BCUT2D eigenvalue weighted by atomic mass is 9.96. The summed E-state index contributed by atoms with van der Waals surface area (Å²) >= 11 is 0. The Labute approximate surface area is 149 Å². The van der Waals surface area contributed by atoms with Gasteiger partial charge in [-0.15, -0.1) is 0 Å². The van der Waals surface area contributed by atoms with Crippen molar-refractivity contribution >= 4 is 6.16 Å². The van der Waals surface area contributed by atoms with Crippen LogP contribution in [0.4, 0.5) is 4.79 Å². The van der Waals surface area contributed by atoms with Crippen molar-refractivity contribution < 1.29 is 29.2 Å². The molecular formula is C19H30O6. The third-order valence-corrected chi connectivity index (χ3v) is 3.64. The lowest BCUT2D eigenvalue weighted by Crippen LogP contribution is -2.12. The maximum absolute atomic E-state index is 11.1. The zero-order valence-corrected chi connectivity index (χ0v) is 15.7. The van der Waals surface area contributed by atoms with E-state index in [0.29, 0.717) is 37.4 Å². The van der Waals surface area contributed by atoms with Crippen molar-refractivity contribution in [3.05, 3.63) is 11.1 Å². The van der Waals surface area contributed by atoms with Crippen LogP contribution in [-0.2, 0) is 12.8 Å². The van der Waals surface area contributed by atoms with Crippen LogP contribution in [-0.4, -0.2) is 29.6 Å². The predicted octanol–water partition coefficient (Wildman–Crippen LogP) is 4.93. The van der Waals surface area contributed by atoms with Crippen molar-refractivity contribution in [3.8, 4) is 23.0 Å². The van der Waals surface area contributed by atoms with Gasteiger partial charge in [0.1, 0.15) is 0 Å². The van der Waals surface area contributed by atoms with E-state index >= 15 is 0 Å². The van der Waals surface area contributed by atoms with Gasteiger partial charge in [0.05, 0.1) is 13.2 Å². The summed E-state index contributed by atoms with van der Waals surface area (Å²) in [5.74, 6) is 0.351. The van der Waals surface area contributed by atoms with Gasteiger partial charge in [-0.25, -0.2) is 4.79 Å². The van der Waals surface area contributed by atoms with Gasteiger partial charge in [0.15, 0.2) is 11.5 Å². The number of benzene rings is 1. The topological polar surface area (TPSA) is 85.2 Å². The van der Waals surface area contributed by atoms with Crippen LogP contribution in [0.15, 0.2) is 0 Å². The highest BCUT2D eigenvalue weighted by Crippen LogP contribution is 2.50. The van der Waals surface area contributed by atoms with Gasteiger partial charge in [-0.1, -0.05) is 40.5 Å². The Morgan fingerprint density at radius 3 is 1.72 bits per heavy atom. The molecule has 0 radical (unpaired) electrons. The number of carboxylic acid groups (broad SMARTS) is 1. The minimum atomic E-state index is -1.46. The number of ether oxygens (including phenoxy) is 3. The van der Waals surface area contributed by atoms with Crippen LogP contribution < -0.4 is 14.2 Å². The third-order valence-electron chi connectivity index (χ3n) is 3.64. The highest BCUT2D eigenvalue weighted by molar-refractivity contribution is 5.71. The van der Waals surface area contributed by atoms with Gasteiger partial charge in [0.2, 0.25) is 11.5 Å². The molecule has 2 N–H and O–H groups in total. The zero-order chi connectivity index (χ0) is 18.8. The number of hydrogen-bond acceptors (Lipinski definition) is 5. The molecule has 0 aromatic heterocycles. The molecule has 0 atom stereocenters. The molecule has 0 saturated carbocycles. The molecule has 0 aliphatic carbocycles. The van der Waals surface area contributed by atoms with Gasteiger partial charge in [0.25, 0.3) is 0 Å². The Kier molecular flexibility index (Phi) is 8.95. The molecule has 142 valence electrons. The second-order valence-electron chi connectivity index (χ2n) is 5.86. The molecule has 1 rings (SSSR count). The molecule has 1 aromatic carbocycles. The van der Waals surface area contributed by atoms with Crippen molar-refractivity contribution in [1.82, 2.24) is 0 Å². The first-order chi connectivity index (χ1) is 12.0. The summed E-state index contributed by atoms with van der Waals surface area (Å²) in [5, 5.41) is 19.7. The standard InChI is InChI=1S/C19H30O6/c1-5-9-13-14(10-6-2)17(23-11-7-3)18(24-12-8-4)15(20)16(13)25-19(21)22/h20H,5-12H2,1-4H3,(H,21,22). The molecule has 0 fully saturated rings. The van der Waals surface area contributed by atoms with Gasteiger partial charge >= 0.3 is 6.16 Å². The van der Waals surface area contributed by atoms with E-state index < -0.39 is 6.16 Å². The highest BCUT2D eigenvalue weighted by atomic mass is 16.7. The maximum atomic E-state index is 11.1. The molecule has 0 aliphatic rings. The van der Waals surface area contributed by atoms with Gasteiger partial charge in [-0.05, 0) is 25.7 Å². The minimum absolute atomic E-state index is 0.0345. The largest absolute Gasteiger partial charge is 0.511 e. The summed E-state index contributed by atoms with van der Waals surface area (Å²) < 4.78 is 16.5. The van der Waals surface area contributed by atoms with Gasteiger partial charge < -0.3 is 24.4 Å². The molecule has 0 spiro atoms. The second-order valence-corrected chi connectivity index (χ2v) is 5.86. The first-order valence-corrected chi connectivity index (χ1v) is 9.08. The fourth-order valence-corrected chi connectivity index (χ4v) is 2.69. The quantitative estimate of drug-likeness (QED) is 0.433. The number of carbonyl (C=O) groups is 1. The Morgan fingerprint density at radius 2 is 1.28 bits per heavy atom. The molecule has 6 nitrogen and oxygen atoms in total. The fraction of sp³-hybridized carbons (Fsp3) is 0.632. The molecule has 0 aliphatic heterocycles. The summed E-state index contributed by atoms with van der Waals surface area (Å²) in [6.45, 7) is 8.87. The smallest absolute Gasteiger partial charge is 0.502 e. The number of phenols is 1. The maximum Gasteiger partial charge on any atom is 0.511 e. The van der Waals surface area contributed by atoms with Crippen LogP contribution in [0.25, 0.3) is 0 Å². The van der Waals surface area contributed by atoms with Crippen LogP contribution in [0.2, 0.25) is 0 Å². The third kappa shape index (κ3) is 5.44. The van der Waals surface area contributed by atoms with Crippen LogP contribution >= 0.6 is 0 Å². The van der Waals surface area contributed by atoms with Crippen LogP contribution in [0.3, 0.4) is 0 Å². The Balaban J connectivity index is 3.64. The second kappa shape index (κ2) is 10.7. The Morgan fingerprint density at radius 1 is 0.800 bits per heavy atom. The van der Waals surface area contributed by atoms with E-state index in [9.17, 15) is 9.90 Å². The van der Waals surface area contributed by atoms with Crippen molar-refractivity contribution in [1.29, 1.82) is 0 Å². The van der Waals surface area contributed by atoms with Crippen molar-refractivity contribution in [2.45, 2.75) is 66.2 Å². The van der Waals surface area contributed by atoms with E-state index in [1.807, 2.05) is 27.7 Å². The van der Waals surface area contributed by atoms with E-state index in [1.165, 1.54) is 0 Å². The van der Waals surface area contributed by atoms with Crippen molar-refractivity contribution in [2.75, 3.05) is 13.2 Å². The molecule has 0 saturated heterocycles. The first kappa shape index (κ1) is 20.9. The molecule has 0 amide bonds. The summed E-state index contributed by atoms with van der Waals surface area (Å²) in [5.41, 5.74) is 1.54. The summed E-state index contributed by atoms with van der Waals surface area (Å²) in [6, 6.07) is 0. The first-order valence-electron chi connectivity index (χ1n) is 9.08. The lowest BCUT2D eigenvalue weighted by Gasteiger charge is -2.23. The molecule has 25 heavy (non-hydrogen) atoms. The normalized spacial score (nSPS) is 10.6. The molecule has 6 heteroatoms. The van der Waals surface area contributed by atoms with Gasteiger partial charge in [-0.2, -0.15) is 0 Å². The van der Waals surface area contributed by atoms with Crippen molar-refractivity contribution in [3.63, 3.8) is 0 Å². The number of rotatable bonds is 11.